The van der Waals surface area contributed by atoms with E-state index in [1.807, 2.05) is 0 Å². The summed E-state index contributed by atoms with van der Waals surface area (Å²) in [5, 5.41) is 2.20. The summed E-state index contributed by atoms with van der Waals surface area (Å²) in [6.45, 7) is 0. The largest absolute Gasteiger partial charge is 0.281 e. The molecule has 0 spiro atoms. The molecule has 0 saturated carbocycles. The van der Waals surface area contributed by atoms with Gasteiger partial charge in [-0.15, -0.1) is 11.3 Å². The zero-order valence-electron chi connectivity index (χ0n) is 12.9. The molecule has 4 aliphatic heterocycles. The highest BCUT2D eigenvalue weighted by atomic mass is 32.1. The Morgan fingerprint density at radius 2 is 1.62 bits per heavy atom. The number of quaternary nitrogens is 1. The van der Waals surface area contributed by atoms with Crippen LogP contribution in [0.2, 0.25) is 0 Å². The molecule has 0 aromatic carbocycles. The molecule has 4 heteroatoms. The number of allylic oxidation sites excluding steroid dienone is 8. The third-order valence-corrected chi connectivity index (χ3v) is 5.07. The SMILES string of the molecule is C1=CC2=NC1=CC1=[NH+]C(=Cc3ccc(s3)C=C3C=CC(=C2)[NH2+]3)C=C1. The van der Waals surface area contributed by atoms with Crippen molar-refractivity contribution in [2.45, 2.75) is 0 Å². The minimum Gasteiger partial charge on any atom is -0.281 e. The highest BCUT2D eigenvalue weighted by molar-refractivity contribution is 7.13. The summed E-state index contributed by atoms with van der Waals surface area (Å²) in [6, 6.07) is 4.34. The Bertz CT molecular complexity index is 1020. The lowest BCUT2D eigenvalue weighted by Gasteiger charge is -1.94. The summed E-state index contributed by atoms with van der Waals surface area (Å²) in [6.07, 6.45) is 21.2. The van der Waals surface area contributed by atoms with Gasteiger partial charge >= 0.3 is 0 Å². The fourth-order valence-electron chi connectivity index (χ4n) is 2.98. The number of aliphatic imine (C=N–C) groups is 1. The Kier molecular flexibility index (Phi) is 3.04. The fourth-order valence-corrected chi connectivity index (χ4v) is 3.91. The maximum absolute atomic E-state index is 4.67. The summed E-state index contributed by atoms with van der Waals surface area (Å²) < 4.78 is 0. The second kappa shape index (κ2) is 5.37. The molecule has 8 bridgehead atoms. The molecule has 4 aliphatic rings. The van der Waals surface area contributed by atoms with E-state index >= 15 is 0 Å². The van der Waals surface area contributed by atoms with E-state index in [2.05, 4.69) is 88.2 Å². The summed E-state index contributed by atoms with van der Waals surface area (Å²) in [5.41, 5.74) is 6.54. The lowest BCUT2D eigenvalue weighted by atomic mass is 10.3. The van der Waals surface area contributed by atoms with E-state index in [-0.39, 0.29) is 0 Å². The molecule has 0 amide bonds. The minimum absolute atomic E-state index is 0.971. The number of nitrogens with two attached hydrogens (primary N) is 1. The van der Waals surface area contributed by atoms with Crippen molar-refractivity contribution in [1.82, 2.24) is 0 Å². The molecule has 0 saturated heterocycles. The van der Waals surface area contributed by atoms with Gasteiger partial charge in [0.15, 0.2) is 0 Å². The van der Waals surface area contributed by atoms with Gasteiger partial charge in [-0.25, -0.2) is 9.98 Å². The molecule has 0 atom stereocenters. The van der Waals surface area contributed by atoms with Crippen molar-refractivity contribution < 1.29 is 10.3 Å². The van der Waals surface area contributed by atoms with Crippen molar-refractivity contribution in [2.24, 2.45) is 4.99 Å². The summed E-state index contributed by atoms with van der Waals surface area (Å²) in [5.74, 6) is 0. The molecular weight excluding hydrogens is 314 g/mol. The van der Waals surface area contributed by atoms with Crippen molar-refractivity contribution in [3.8, 4) is 0 Å². The van der Waals surface area contributed by atoms with E-state index in [1.54, 1.807) is 11.3 Å². The first-order valence-corrected chi connectivity index (χ1v) is 8.70. The molecule has 5 rings (SSSR count). The lowest BCUT2D eigenvalue weighted by Crippen LogP contribution is -2.77. The van der Waals surface area contributed by atoms with Gasteiger partial charge in [-0.1, -0.05) is 0 Å². The van der Waals surface area contributed by atoms with Crippen LogP contribution >= 0.6 is 11.3 Å². The second-order valence-corrected chi connectivity index (χ2v) is 7.11. The molecule has 1 aromatic heterocycles. The van der Waals surface area contributed by atoms with Gasteiger partial charge in [-0.3, -0.25) is 5.32 Å². The number of hydrogen-bond acceptors (Lipinski definition) is 2. The number of rotatable bonds is 0. The van der Waals surface area contributed by atoms with E-state index in [4.69, 9.17) is 0 Å². The highest BCUT2D eigenvalue weighted by Crippen LogP contribution is 2.22. The molecule has 0 unspecified atom stereocenters. The molecule has 0 aliphatic carbocycles. The van der Waals surface area contributed by atoms with E-state index in [9.17, 15) is 0 Å². The van der Waals surface area contributed by atoms with Crippen molar-refractivity contribution >= 4 is 34.9 Å². The van der Waals surface area contributed by atoms with E-state index < -0.39 is 0 Å². The Hall–Kier alpha value is -2.82. The van der Waals surface area contributed by atoms with E-state index in [0.717, 1.165) is 22.8 Å². The Morgan fingerprint density at radius 1 is 0.792 bits per heavy atom. The van der Waals surface area contributed by atoms with Crippen LogP contribution in [0.15, 0.2) is 88.5 Å². The van der Waals surface area contributed by atoms with Crippen LogP contribution in [0.4, 0.5) is 0 Å². The van der Waals surface area contributed by atoms with Crippen LogP contribution in [0.5, 0.6) is 0 Å². The highest BCUT2D eigenvalue weighted by Gasteiger charge is 2.16. The smallest absolute Gasteiger partial charge is 0.206 e. The Labute approximate surface area is 143 Å². The van der Waals surface area contributed by atoms with Gasteiger partial charge in [0.1, 0.15) is 11.4 Å². The van der Waals surface area contributed by atoms with Crippen LogP contribution < -0.4 is 10.3 Å². The van der Waals surface area contributed by atoms with Crippen LogP contribution in [0.1, 0.15) is 9.75 Å². The topological polar surface area (TPSA) is 42.9 Å². The summed E-state index contributed by atoms with van der Waals surface area (Å²) in [7, 11) is 0. The molecule has 1 aromatic rings. The standard InChI is InChI=1S/C20H13N3S/c1-2-14-10-16-4-6-18(23-16)12-20-8-7-19(24-20)11-17-5-3-15(22-17)9-13(1)21-14/h1-12,22H/p+2. The monoisotopic (exact) mass is 329 g/mol. The van der Waals surface area contributed by atoms with Gasteiger partial charge in [0.05, 0.1) is 11.4 Å². The summed E-state index contributed by atoms with van der Waals surface area (Å²) >= 11 is 1.80. The Balaban J connectivity index is 1.64. The first kappa shape index (κ1) is 13.6. The minimum atomic E-state index is 0.971. The predicted octanol–water partition coefficient (Wildman–Crippen LogP) is 1.45. The first-order valence-electron chi connectivity index (χ1n) is 7.88. The lowest BCUT2D eigenvalue weighted by molar-refractivity contribution is -0.537. The van der Waals surface area contributed by atoms with Crippen molar-refractivity contribution in [3.05, 3.63) is 93.3 Å². The third-order valence-electron chi connectivity index (χ3n) is 4.09. The second-order valence-electron chi connectivity index (χ2n) is 5.96. The Morgan fingerprint density at radius 3 is 2.54 bits per heavy atom. The normalized spacial score (nSPS) is 20.5. The van der Waals surface area contributed by atoms with Crippen molar-refractivity contribution in [1.29, 1.82) is 0 Å². The molecular formula is C20H15N3S+2. The molecule has 5 heterocycles. The summed E-state index contributed by atoms with van der Waals surface area (Å²) in [4.78, 5) is 10.6. The predicted molar refractivity (Wildman–Crippen MR) is 99.2 cm³/mol. The fraction of sp³-hybridized carbons (Fsp3) is 0. The number of thiophene rings is 1. The third kappa shape index (κ3) is 2.62. The van der Waals surface area contributed by atoms with Crippen LogP contribution in [-0.2, 0) is 0 Å². The number of fused-ring (bicyclic) bond motifs is 6. The first-order chi connectivity index (χ1) is 11.8. The average Bonchev–Trinajstić information content (AvgIpc) is 3.32. The van der Waals surface area contributed by atoms with E-state index in [0.29, 0.717) is 0 Å². The van der Waals surface area contributed by atoms with Crippen molar-refractivity contribution in [3.63, 3.8) is 0 Å². The quantitative estimate of drug-likeness (QED) is 0.724. The van der Waals surface area contributed by atoms with Gasteiger partial charge in [-0.05, 0) is 24.3 Å². The van der Waals surface area contributed by atoms with Gasteiger partial charge < -0.3 is 0 Å². The number of nitrogens with one attached hydrogen (secondary N) is 1. The zero-order valence-corrected chi connectivity index (χ0v) is 13.7. The van der Waals surface area contributed by atoms with E-state index in [1.165, 1.54) is 21.1 Å². The van der Waals surface area contributed by atoms with Crippen LogP contribution in [0.3, 0.4) is 0 Å². The maximum Gasteiger partial charge on any atom is 0.206 e. The van der Waals surface area contributed by atoms with Crippen LogP contribution in [-0.4, -0.2) is 11.4 Å². The van der Waals surface area contributed by atoms with Gasteiger partial charge in [0.25, 0.3) is 0 Å². The molecule has 24 heavy (non-hydrogen) atoms. The number of nitrogens with zero attached hydrogens (tertiary/aromatic N) is 1. The maximum atomic E-state index is 4.67. The zero-order chi connectivity index (χ0) is 15.9. The van der Waals surface area contributed by atoms with Gasteiger partial charge in [0, 0.05) is 58.4 Å². The van der Waals surface area contributed by atoms with Gasteiger partial charge in [-0.2, -0.15) is 0 Å². The van der Waals surface area contributed by atoms with Gasteiger partial charge in [0.2, 0.25) is 11.4 Å². The molecule has 3 nitrogen and oxygen atoms in total. The molecule has 3 N–H and O–H groups in total. The van der Waals surface area contributed by atoms with Crippen LogP contribution in [0, 0.1) is 0 Å². The molecule has 0 fully saturated rings. The molecule has 0 radical (unpaired) electrons. The molecule has 114 valence electrons. The number of hydrogen-bond donors (Lipinski definition) is 2. The average molecular weight is 329 g/mol. The van der Waals surface area contributed by atoms with Crippen LogP contribution in [0.25, 0.3) is 12.2 Å². The van der Waals surface area contributed by atoms with Crippen molar-refractivity contribution in [2.75, 3.05) is 0 Å².